The van der Waals surface area contributed by atoms with E-state index < -0.39 is 0 Å². The van der Waals surface area contributed by atoms with Gasteiger partial charge in [-0.05, 0) is 30.6 Å². The van der Waals surface area contributed by atoms with Crippen molar-refractivity contribution < 1.29 is 4.79 Å². The first kappa shape index (κ1) is 13.9. The first-order valence-corrected chi connectivity index (χ1v) is 7.55. The topological polar surface area (TPSA) is 23.6 Å². The van der Waals surface area contributed by atoms with Crippen LogP contribution < -0.4 is 0 Å². The van der Waals surface area contributed by atoms with Crippen molar-refractivity contribution >= 4 is 5.91 Å². The van der Waals surface area contributed by atoms with Gasteiger partial charge in [0.25, 0.3) is 0 Å². The summed E-state index contributed by atoms with van der Waals surface area (Å²) in [4.78, 5) is 16.5. The predicted octanol–water partition coefficient (Wildman–Crippen LogP) is 2.37. The van der Waals surface area contributed by atoms with Gasteiger partial charge in [0, 0.05) is 39.1 Å². The van der Waals surface area contributed by atoms with E-state index in [1.165, 1.54) is 32.5 Å². The summed E-state index contributed by atoms with van der Waals surface area (Å²) in [5.41, 5.74) is 0.553. The van der Waals surface area contributed by atoms with E-state index in [0.29, 0.717) is 11.3 Å². The zero-order chi connectivity index (χ0) is 13.2. The number of hydrogen-bond donors (Lipinski definition) is 0. The molecule has 18 heavy (non-hydrogen) atoms. The smallest absolute Gasteiger partial charge is 0.222 e. The van der Waals surface area contributed by atoms with E-state index >= 15 is 0 Å². The van der Waals surface area contributed by atoms with Crippen LogP contribution in [0.3, 0.4) is 0 Å². The maximum atomic E-state index is 11.8. The zero-order valence-electron chi connectivity index (χ0n) is 12.2. The Labute approximate surface area is 112 Å². The minimum atomic E-state index is 0.366. The Kier molecular flexibility index (Phi) is 4.31. The van der Waals surface area contributed by atoms with Crippen molar-refractivity contribution in [2.75, 3.05) is 32.7 Å². The standard InChI is InChI=1S/C15H28N2O/c1-4-5-14(18)17-8-6-15(7-9-17)11-16(12-15)10-13(2)3/h13H,4-12H2,1-3H3. The van der Waals surface area contributed by atoms with Gasteiger partial charge in [0.2, 0.25) is 5.91 Å². The molecule has 0 aromatic carbocycles. The molecule has 2 fully saturated rings. The van der Waals surface area contributed by atoms with Gasteiger partial charge in [0.1, 0.15) is 0 Å². The Hall–Kier alpha value is -0.570. The second-order valence-electron chi connectivity index (χ2n) is 6.69. The Morgan fingerprint density at radius 1 is 1.22 bits per heavy atom. The molecule has 0 radical (unpaired) electrons. The van der Waals surface area contributed by atoms with Crippen molar-refractivity contribution in [3.05, 3.63) is 0 Å². The molecule has 3 heteroatoms. The highest BCUT2D eigenvalue weighted by atomic mass is 16.2. The normalized spacial score (nSPS) is 23.4. The van der Waals surface area contributed by atoms with E-state index in [0.717, 1.165) is 31.8 Å². The van der Waals surface area contributed by atoms with Gasteiger partial charge in [0.05, 0.1) is 0 Å². The molecule has 0 N–H and O–H groups in total. The Bertz CT molecular complexity index is 285. The van der Waals surface area contributed by atoms with Crippen LogP contribution in [-0.2, 0) is 4.79 Å². The van der Waals surface area contributed by atoms with Gasteiger partial charge in [0.15, 0.2) is 0 Å². The predicted molar refractivity (Wildman–Crippen MR) is 74.4 cm³/mol. The zero-order valence-corrected chi connectivity index (χ0v) is 12.2. The second-order valence-corrected chi connectivity index (χ2v) is 6.69. The average molecular weight is 252 g/mol. The molecule has 0 saturated carbocycles. The molecular weight excluding hydrogens is 224 g/mol. The lowest BCUT2D eigenvalue weighted by atomic mass is 9.71. The SMILES string of the molecule is CCCC(=O)N1CCC2(CC1)CN(CC(C)C)C2. The number of likely N-dealkylation sites (tertiary alicyclic amines) is 2. The van der Waals surface area contributed by atoms with Crippen LogP contribution in [0.4, 0.5) is 0 Å². The lowest BCUT2D eigenvalue weighted by Crippen LogP contribution is -2.61. The van der Waals surface area contributed by atoms with E-state index in [2.05, 4.69) is 30.6 Å². The van der Waals surface area contributed by atoms with Crippen LogP contribution in [0, 0.1) is 11.3 Å². The van der Waals surface area contributed by atoms with E-state index in [1.807, 2.05) is 0 Å². The Morgan fingerprint density at radius 3 is 2.33 bits per heavy atom. The molecule has 2 heterocycles. The van der Waals surface area contributed by atoms with Gasteiger partial charge in [-0.2, -0.15) is 0 Å². The second kappa shape index (κ2) is 5.60. The van der Waals surface area contributed by atoms with E-state index in [9.17, 15) is 4.79 Å². The van der Waals surface area contributed by atoms with Crippen LogP contribution in [0.1, 0.15) is 46.5 Å². The number of carbonyl (C=O) groups excluding carboxylic acids is 1. The molecule has 2 aliphatic rings. The van der Waals surface area contributed by atoms with Crippen molar-refractivity contribution in [2.24, 2.45) is 11.3 Å². The molecule has 104 valence electrons. The average Bonchev–Trinajstić information content (AvgIpc) is 2.27. The highest BCUT2D eigenvalue weighted by Crippen LogP contribution is 2.40. The molecule has 3 nitrogen and oxygen atoms in total. The molecule has 0 aliphatic carbocycles. The maximum Gasteiger partial charge on any atom is 0.222 e. The van der Waals surface area contributed by atoms with Crippen LogP contribution in [0.5, 0.6) is 0 Å². The van der Waals surface area contributed by atoms with Gasteiger partial charge < -0.3 is 9.80 Å². The Morgan fingerprint density at radius 2 is 1.83 bits per heavy atom. The number of piperidine rings is 1. The number of amides is 1. The van der Waals surface area contributed by atoms with Gasteiger partial charge in [-0.3, -0.25) is 4.79 Å². The van der Waals surface area contributed by atoms with E-state index in [4.69, 9.17) is 0 Å². The van der Waals surface area contributed by atoms with Crippen molar-refractivity contribution in [3.8, 4) is 0 Å². The summed E-state index contributed by atoms with van der Waals surface area (Å²) in [7, 11) is 0. The van der Waals surface area contributed by atoms with Crippen molar-refractivity contribution in [3.63, 3.8) is 0 Å². The lowest BCUT2D eigenvalue weighted by molar-refractivity contribution is -0.136. The molecule has 0 aromatic rings. The molecule has 0 atom stereocenters. The third-order valence-electron chi connectivity index (χ3n) is 4.38. The molecule has 0 aromatic heterocycles. The summed E-state index contributed by atoms with van der Waals surface area (Å²) in [5.74, 6) is 1.14. The monoisotopic (exact) mass is 252 g/mol. The molecule has 1 amide bonds. The molecule has 2 rings (SSSR count). The summed E-state index contributed by atoms with van der Waals surface area (Å²) >= 11 is 0. The number of hydrogen-bond acceptors (Lipinski definition) is 2. The third-order valence-corrected chi connectivity index (χ3v) is 4.38. The van der Waals surface area contributed by atoms with Crippen LogP contribution >= 0.6 is 0 Å². The highest BCUT2D eigenvalue weighted by Gasteiger charge is 2.44. The van der Waals surface area contributed by atoms with Crippen LogP contribution in [-0.4, -0.2) is 48.4 Å². The largest absolute Gasteiger partial charge is 0.343 e. The van der Waals surface area contributed by atoms with E-state index in [-0.39, 0.29) is 0 Å². The minimum Gasteiger partial charge on any atom is -0.343 e. The van der Waals surface area contributed by atoms with Gasteiger partial charge in [-0.15, -0.1) is 0 Å². The highest BCUT2D eigenvalue weighted by molar-refractivity contribution is 5.76. The maximum absolute atomic E-state index is 11.8. The fourth-order valence-corrected chi connectivity index (χ4v) is 3.47. The van der Waals surface area contributed by atoms with Crippen LogP contribution in [0.25, 0.3) is 0 Å². The van der Waals surface area contributed by atoms with Crippen LogP contribution in [0.2, 0.25) is 0 Å². The molecular formula is C15H28N2O. The quantitative estimate of drug-likeness (QED) is 0.767. The summed E-state index contributed by atoms with van der Waals surface area (Å²) in [6.45, 7) is 12.4. The summed E-state index contributed by atoms with van der Waals surface area (Å²) in [5, 5.41) is 0. The van der Waals surface area contributed by atoms with Crippen molar-refractivity contribution in [1.29, 1.82) is 0 Å². The third kappa shape index (κ3) is 3.05. The Balaban J connectivity index is 1.73. The fourth-order valence-electron chi connectivity index (χ4n) is 3.47. The molecule has 0 unspecified atom stereocenters. The van der Waals surface area contributed by atoms with E-state index in [1.54, 1.807) is 0 Å². The number of rotatable bonds is 4. The summed E-state index contributed by atoms with van der Waals surface area (Å²) in [6.07, 6.45) is 4.14. The van der Waals surface area contributed by atoms with Gasteiger partial charge in [-0.25, -0.2) is 0 Å². The summed E-state index contributed by atoms with van der Waals surface area (Å²) < 4.78 is 0. The minimum absolute atomic E-state index is 0.366. The first-order valence-electron chi connectivity index (χ1n) is 7.55. The van der Waals surface area contributed by atoms with Crippen molar-refractivity contribution in [2.45, 2.75) is 46.5 Å². The molecule has 0 bridgehead atoms. The first-order chi connectivity index (χ1) is 8.54. The molecule has 2 saturated heterocycles. The number of carbonyl (C=O) groups is 1. The lowest BCUT2D eigenvalue weighted by Gasteiger charge is -2.54. The van der Waals surface area contributed by atoms with Crippen LogP contribution in [0.15, 0.2) is 0 Å². The number of nitrogens with zero attached hydrogens (tertiary/aromatic N) is 2. The van der Waals surface area contributed by atoms with Gasteiger partial charge >= 0.3 is 0 Å². The molecule has 1 spiro atoms. The van der Waals surface area contributed by atoms with Gasteiger partial charge in [-0.1, -0.05) is 20.8 Å². The summed E-state index contributed by atoms with van der Waals surface area (Å²) in [6, 6.07) is 0. The fraction of sp³-hybridized carbons (Fsp3) is 0.933. The van der Waals surface area contributed by atoms with Crippen molar-refractivity contribution in [1.82, 2.24) is 9.80 Å². The molecule has 2 aliphatic heterocycles.